The van der Waals surface area contributed by atoms with E-state index in [1.165, 1.54) is 5.39 Å². The lowest BCUT2D eigenvalue weighted by molar-refractivity contribution is 0.668. The number of benzene rings is 5. The minimum atomic E-state index is 0.559. The summed E-state index contributed by atoms with van der Waals surface area (Å²) < 4.78 is 8.33. The predicted octanol–water partition coefficient (Wildman–Crippen LogP) is 8.75. The van der Waals surface area contributed by atoms with Crippen molar-refractivity contribution >= 4 is 54.5 Å². The molecule has 9 rings (SSSR count). The molecule has 0 radical (unpaired) electrons. The lowest BCUT2D eigenvalue weighted by Crippen LogP contribution is -2.06. The highest BCUT2D eigenvalue weighted by Crippen LogP contribution is 2.37. The van der Waals surface area contributed by atoms with E-state index in [0.29, 0.717) is 17.6 Å². The summed E-state index contributed by atoms with van der Waals surface area (Å²) in [6.07, 6.45) is 3.58. The number of para-hydroxylation sites is 1. The molecule has 0 bridgehead atoms. The van der Waals surface area contributed by atoms with Gasteiger partial charge in [0.05, 0.1) is 11.0 Å². The van der Waals surface area contributed by atoms with E-state index < -0.39 is 0 Å². The molecule has 0 unspecified atom stereocenters. The molecule has 5 aromatic carbocycles. The molecular formula is C36H21N5O. The first kappa shape index (κ1) is 22.9. The van der Waals surface area contributed by atoms with E-state index in [-0.39, 0.29) is 0 Å². The molecule has 196 valence electrons. The zero-order valence-corrected chi connectivity index (χ0v) is 22.3. The summed E-state index contributed by atoms with van der Waals surface area (Å²) in [6.45, 7) is 0. The van der Waals surface area contributed by atoms with Crippen LogP contribution in [0.25, 0.3) is 83.2 Å². The van der Waals surface area contributed by atoms with Crippen LogP contribution in [-0.2, 0) is 0 Å². The fourth-order valence-electron chi connectivity index (χ4n) is 6.03. The maximum absolute atomic E-state index is 6.17. The van der Waals surface area contributed by atoms with Gasteiger partial charge in [-0.3, -0.25) is 9.55 Å². The highest BCUT2D eigenvalue weighted by atomic mass is 16.3. The molecular weight excluding hydrogens is 518 g/mol. The van der Waals surface area contributed by atoms with Crippen molar-refractivity contribution in [1.82, 2.24) is 24.5 Å². The van der Waals surface area contributed by atoms with E-state index >= 15 is 0 Å². The van der Waals surface area contributed by atoms with Crippen molar-refractivity contribution in [2.45, 2.75) is 0 Å². The van der Waals surface area contributed by atoms with Gasteiger partial charge in [0.2, 0.25) is 5.95 Å². The lowest BCUT2D eigenvalue weighted by Gasteiger charge is -2.11. The van der Waals surface area contributed by atoms with Crippen LogP contribution >= 0.6 is 0 Å². The molecule has 0 saturated heterocycles. The average molecular weight is 540 g/mol. The van der Waals surface area contributed by atoms with Gasteiger partial charge in [0.25, 0.3) is 0 Å². The minimum Gasteiger partial charge on any atom is -0.456 e. The highest BCUT2D eigenvalue weighted by molar-refractivity contribution is 6.14. The predicted molar refractivity (Wildman–Crippen MR) is 168 cm³/mol. The van der Waals surface area contributed by atoms with E-state index in [0.717, 1.165) is 60.3 Å². The van der Waals surface area contributed by atoms with Gasteiger partial charge in [0.1, 0.15) is 11.2 Å². The Hall–Kier alpha value is -5.88. The van der Waals surface area contributed by atoms with Gasteiger partial charge in [-0.15, -0.1) is 0 Å². The topological polar surface area (TPSA) is 69.6 Å². The third kappa shape index (κ3) is 3.39. The number of nitrogens with zero attached hydrogens (tertiary/aromatic N) is 5. The zero-order chi connectivity index (χ0) is 27.6. The number of hydrogen-bond acceptors (Lipinski definition) is 5. The quantitative estimate of drug-likeness (QED) is 0.224. The number of rotatable bonds is 3. The third-order valence-corrected chi connectivity index (χ3v) is 7.93. The van der Waals surface area contributed by atoms with Crippen molar-refractivity contribution in [2.75, 3.05) is 0 Å². The molecule has 0 fully saturated rings. The fraction of sp³-hybridized carbons (Fsp3) is 0. The molecule has 0 aliphatic rings. The Labute approximate surface area is 239 Å². The van der Waals surface area contributed by atoms with Crippen molar-refractivity contribution in [1.29, 1.82) is 0 Å². The molecule has 0 aliphatic carbocycles. The Morgan fingerprint density at radius 1 is 0.548 bits per heavy atom. The molecule has 0 amide bonds. The zero-order valence-electron chi connectivity index (χ0n) is 22.3. The largest absolute Gasteiger partial charge is 0.456 e. The van der Waals surface area contributed by atoms with Crippen LogP contribution in [0, 0.1) is 0 Å². The molecule has 0 atom stereocenters. The second-order valence-corrected chi connectivity index (χ2v) is 10.4. The molecule has 0 N–H and O–H groups in total. The molecule has 0 saturated carbocycles. The molecule has 6 heteroatoms. The van der Waals surface area contributed by atoms with Gasteiger partial charge in [-0.05, 0) is 41.1 Å². The van der Waals surface area contributed by atoms with Crippen LogP contribution in [0.2, 0.25) is 0 Å². The van der Waals surface area contributed by atoms with Crippen LogP contribution in [0.1, 0.15) is 0 Å². The van der Waals surface area contributed by atoms with E-state index in [9.17, 15) is 0 Å². The molecule has 0 spiro atoms. The van der Waals surface area contributed by atoms with Crippen LogP contribution in [0.3, 0.4) is 0 Å². The first-order valence-corrected chi connectivity index (χ1v) is 13.8. The Balaban J connectivity index is 1.40. The SMILES string of the molecule is c1ccc(-c2nc(-c3cccc4oc5ccncc5c34)nc(-n3c4ccccc4c4cc5ccccc5cc43)n2)cc1. The third-order valence-electron chi connectivity index (χ3n) is 7.93. The standard InChI is InChI=1S/C36H21N5O/c1-2-9-22(10-3-1)34-38-35(26-14-8-16-32-33(26)28-21-37-18-17-31(28)42-32)40-36(39-34)41-29-15-7-6-13-25(29)27-19-23-11-4-5-12-24(23)20-30(27)41/h1-21H. The Kier molecular flexibility index (Phi) is 4.80. The normalized spacial score (nSPS) is 11.8. The van der Waals surface area contributed by atoms with E-state index in [1.54, 1.807) is 6.20 Å². The Morgan fingerprint density at radius 2 is 1.33 bits per heavy atom. The number of hydrogen-bond donors (Lipinski definition) is 0. The maximum Gasteiger partial charge on any atom is 0.238 e. The summed E-state index contributed by atoms with van der Waals surface area (Å²) in [6, 6.07) is 39.3. The van der Waals surface area contributed by atoms with E-state index in [2.05, 4.69) is 70.2 Å². The molecule has 4 aromatic heterocycles. The number of furan rings is 1. The van der Waals surface area contributed by atoms with Crippen molar-refractivity contribution in [3.8, 4) is 28.7 Å². The second-order valence-electron chi connectivity index (χ2n) is 10.4. The van der Waals surface area contributed by atoms with Gasteiger partial charge in [0, 0.05) is 45.1 Å². The van der Waals surface area contributed by atoms with Gasteiger partial charge in [-0.1, -0.05) is 84.9 Å². The first-order valence-electron chi connectivity index (χ1n) is 13.8. The van der Waals surface area contributed by atoms with Gasteiger partial charge in [-0.25, -0.2) is 4.98 Å². The summed E-state index contributed by atoms with van der Waals surface area (Å²) in [5.74, 6) is 1.73. The molecule has 42 heavy (non-hydrogen) atoms. The van der Waals surface area contributed by atoms with Crippen molar-refractivity contribution in [2.24, 2.45) is 0 Å². The summed E-state index contributed by atoms with van der Waals surface area (Å²) in [5, 5.41) is 6.52. The van der Waals surface area contributed by atoms with Gasteiger partial charge < -0.3 is 4.42 Å². The van der Waals surface area contributed by atoms with Crippen LogP contribution in [0.15, 0.2) is 132 Å². The van der Waals surface area contributed by atoms with Crippen molar-refractivity contribution < 1.29 is 4.42 Å². The lowest BCUT2D eigenvalue weighted by atomic mass is 10.1. The van der Waals surface area contributed by atoms with Crippen molar-refractivity contribution in [3.05, 3.63) is 128 Å². The average Bonchev–Trinajstić information content (AvgIpc) is 3.59. The molecule has 6 nitrogen and oxygen atoms in total. The summed E-state index contributed by atoms with van der Waals surface area (Å²) >= 11 is 0. The highest BCUT2D eigenvalue weighted by Gasteiger charge is 2.20. The van der Waals surface area contributed by atoms with Crippen molar-refractivity contribution in [3.63, 3.8) is 0 Å². The minimum absolute atomic E-state index is 0.559. The Bertz CT molecular complexity index is 2480. The summed E-state index contributed by atoms with van der Waals surface area (Å²) in [5.41, 5.74) is 5.41. The van der Waals surface area contributed by atoms with Gasteiger partial charge in [-0.2, -0.15) is 9.97 Å². The van der Waals surface area contributed by atoms with Crippen LogP contribution < -0.4 is 0 Å². The molecule has 4 heterocycles. The Morgan fingerprint density at radius 3 is 2.24 bits per heavy atom. The number of aromatic nitrogens is 5. The van der Waals surface area contributed by atoms with Gasteiger partial charge >= 0.3 is 0 Å². The van der Waals surface area contributed by atoms with Crippen LogP contribution in [0.5, 0.6) is 0 Å². The van der Waals surface area contributed by atoms with Crippen LogP contribution in [0.4, 0.5) is 0 Å². The number of fused-ring (bicyclic) bond motifs is 7. The van der Waals surface area contributed by atoms with Crippen LogP contribution in [-0.4, -0.2) is 24.5 Å². The summed E-state index contributed by atoms with van der Waals surface area (Å²) in [7, 11) is 0. The smallest absolute Gasteiger partial charge is 0.238 e. The fourth-order valence-corrected chi connectivity index (χ4v) is 6.03. The maximum atomic E-state index is 6.17. The summed E-state index contributed by atoms with van der Waals surface area (Å²) in [4.78, 5) is 19.7. The van der Waals surface area contributed by atoms with E-state index in [1.807, 2.05) is 60.8 Å². The first-order chi connectivity index (χ1) is 20.8. The number of pyridine rings is 1. The molecule has 0 aliphatic heterocycles. The van der Waals surface area contributed by atoms with Gasteiger partial charge in [0.15, 0.2) is 11.6 Å². The monoisotopic (exact) mass is 539 g/mol. The second kappa shape index (κ2) is 8.81. The molecule has 9 aromatic rings. The van der Waals surface area contributed by atoms with E-state index in [4.69, 9.17) is 19.4 Å².